The van der Waals surface area contributed by atoms with Crippen molar-refractivity contribution >= 4 is 17.1 Å². The Balaban J connectivity index is 2.11. The Kier molecular flexibility index (Phi) is 4.61. The lowest BCUT2D eigenvalue weighted by atomic mass is 10.3. The van der Waals surface area contributed by atoms with Crippen LogP contribution in [0.3, 0.4) is 0 Å². The first-order chi connectivity index (χ1) is 9.31. The minimum Gasteiger partial charge on any atom is -0.494 e. The molecule has 0 bridgehead atoms. The molecule has 0 atom stereocenters. The van der Waals surface area contributed by atoms with Gasteiger partial charge in [0.15, 0.2) is 0 Å². The molecule has 2 aromatic rings. The van der Waals surface area contributed by atoms with Crippen LogP contribution in [0, 0.1) is 0 Å². The second kappa shape index (κ2) is 6.64. The number of nitrogens with one attached hydrogen (secondary N) is 2. The summed E-state index contributed by atoms with van der Waals surface area (Å²) in [5.41, 5.74) is 2.95. The molecular formula is C15H19N3O. The molecule has 0 radical (unpaired) electrons. The third-order valence-corrected chi connectivity index (χ3v) is 2.55. The van der Waals surface area contributed by atoms with Crippen LogP contribution in [0.2, 0.25) is 0 Å². The number of ether oxygens (including phenoxy) is 1. The van der Waals surface area contributed by atoms with E-state index in [2.05, 4.69) is 22.5 Å². The number of aromatic nitrogens is 1. The third-order valence-electron chi connectivity index (χ3n) is 2.55. The van der Waals surface area contributed by atoms with Crippen LogP contribution in [0.15, 0.2) is 42.7 Å². The highest BCUT2D eigenvalue weighted by Gasteiger charge is 1.99. The molecule has 19 heavy (non-hydrogen) atoms. The van der Waals surface area contributed by atoms with Crippen molar-refractivity contribution in [2.24, 2.45) is 0 Å². The zero-order chi connectivity index (χ0) is 13.5. The molecule has 1 heterocycles. The van der Waals surface area contributed by atoms with Crippen LogP contribution in [-0.2, 0) is 0 Å². The zero-order valence-electron chi connectivity index (χ0n) is 11.3. The summed E-state index contributed by atoms with van der Waals surface area (Å²) in [6, 6.07) is 9.92. The normalized spacial score (nSPS) is 10.0. The van der Waals surface area contributed by atoms with Crippen molar-refractivity contribution in [3.05, 3.63) is 42.7 Å². The molecule has 4 heteroatoms. The molecule has 0 fully saturated rings. The minimum absolute atomic E-state index is 0.668. The van der Waals surface area contributed by atoms with Gasteiger partial charge in [0.25, 0.3) is 0 Å². The van der Waals surface area contributed by atoms with E-state index >= 15 is 0 Å². The van der Waals surface area contributed by atoms with Gasteiger partial charge in [0, 0.05) is 18.3 Å². The van der Waals surface area contributed by atoms with Gasteiger partial charge < -0.3 is 15.4 Å². The number of rotatable bonds is 6. The summed E-state index contributed by atoms with van der Waals surface area (Å²) >= 11 is 0. The molecule has 0 unspecified atom stereocenters. The smallest absolute Gasteiger partial charge is 0.121 e. The van der Waals surface area contributed by atoms with E-state index in [4.69, 9.17) is 4.74 Å². The fourth-order valence-corrected chi connectivity index (χ4v) is 1.81. The van der Waals surface area contributed by atoms with Crippen molar-refractivity contribution < 1.29 is 4.74 Å². The average Bonchev–Trinajstić information content (AvgIpc) is 2.40. The number of anilines is 3. The van der Waals surface area contributed by atoms with Gasteiger partial charge in [-0.1, -0.05) is 6.07 Å². The fourth-order valence-electron chi connectivity index (χ4n) is 1.81. The molecule has 0 aliphatic carbocycles. The van der Waals surface area contributed by atoms with Crippen LogP contribution >= 0.6 is 0 Å². The lowest BCUT2D eigenvalue weighted by molar-refractivity contribution is 0.340. The molecule has 2 N–H and O–H groups in total. The minimum atomic E-state index is 0.668. The predicted octanol–water partition coefficient (Wildman–Crippen LogP) is 3.66. The second-order valence-corrected chi connectivity index (χ2v) is 4.08. The fraction of sp³-hybridized carbons (Fsp3) is 0.267. The first-order valence-corrected chi connectivity index (χ1v) is 6.50. The van der Waals surface area contributed by atoms with Gasteiger partial charge >= 0.3 is 0 Å². The SMILES string of the molecule is CCNc1cncc(Nc2cccc(OCC)c2)c1. The molecule has 100 valence electrons. The first-order valence-electron chi connectivity index (χ1n) is 6.50. The topological polar surface area (TPSA) is 46.2 Å². The molecule has 0 aliphatic heterocycles. The van der Waals surface area contributed by atoms with Gasteiger partial charge in [0.05, 0.1) is 30.4 Å². The largest absolute Gasteiger partial charge is 0.494 e. The standard InChI is InChI=1S/C15H19N3O/c1-3-17-13-8-14(11-16-10-13)18-12-6-5-7-15(9-12)19-4-2/h5-11,17-18H,3-4H2,1-2H3. The summed E-state index contributed by atoms with van der Waals surface area (Å²) in [7, 11) is 0. The Morgan fingerprint density at radius 2 is 1.89 bits per heavy atom. The first kappa shape index (κ1) is 13.2. The van der Waals surface area contributed by atoms with Crippen molar-refractivity contribution in [1.82, 2.24) is 4.98 Å². The summed E-state index contributed by atoms with van der Waals surface area (Å²) in [6.45, 7) is 5.58. The van der Waals surface area contributed by atoms with Crippen LogP contribution in [0.25, 0.3) is 0 Å². The second-order valence-electron chi connectivity index (χ2n) is 4.08. The predicted molar refractivity (Wildman–Crippen MR) is 79.3 cm³/mol. The Morgan fingerprint density at radius 1 is 1.05 bits per heavy atom. The molecule has 1 aromatic heterocycles. The lowest BCUT2D eigenvalue weighted by Gasteiger charge is -2.10. The zero-order valence-corrected chi connectivity index (χ0v) is 11.3. The number of nitrogens with zero attached hydrogens (tertiary/aromatic N) is 1. The van der Waals surface area contributed by atoms with Crippen molar-refractivity contribution in [2.45, 2.75) is 13.8 Å². The lowest BCUT2D eigenvalue weighted by Crippen LogP contribution is -1.99. The number of pyridine rings is 1. The Morgan fingerprint density at radius 3 is 2.68 bits per heavy atom. The maximum atomic E-state index is 5.48. The number of hydrogen-bond donors (Lipinski definition) is 2. The summed E-state index contributed by atoms with van der Waals surface area (Å²) < 4.78 is 5.48. The van der Waals surface area contributed by atoms with E-state index in [-0.39, 0.29) is 0 Å². The van der Waals surface area contributed by atoms with Crippen LogP contribution < -0.4 is 15.4 Å². The quantitative estimate of drug-likeness (QED) is 0.829. The maximum absolute atomic E-state index is 5.48. The Labute approximate surface area is 113 Å². The number of benzene rings is 1. The molecular weight excluding hydrogens is 238 g/mol. The highest BCUT2D eigenvalue weighted by molar-refractivity contribution is 5.64. The van der Waals surface area contributed by atoms with Gasteiger partial charge in [0.2, 0.25) is 0 Å². The van der Waals surface area contributed by atoms with E-state index in [9.17, 15) is 0 Å². The van der Waals surface area contributed by atoms with Gasteiger partial charge in [0.1, 0.15) is 5.75 Å². The summed E-state index contributed by atoms with van der Waals surface area (Å²) in [5, 5.41) is 6.56. The number of hydrogen-bond acceptors (Lipinski definition) is 4. The van der Waals surface area contributed by atoms with E-state index in [0.717, 1.165) is 29.4 Å². The Hall–Kier alpha value is -2.23. The van der Waals surface area contributed by atoms with E-state index in [1.807, 2.05) is 43.5 Å². The van der Waals surface area contributed by atoms with Crippen LogP contribution in [0.5, 0.6) is 5.75 Å². The van der Waals surface area contributed by atoms with E-state index < -0.39 is 0 Å². The molecule has 2 rings (SSSR count). The van der Waals surface area contributed by atoms with Gasteiger partial charge in [-0.2, -0.15) is 0 Å². The Bertz CT molecular complexity index is 481. The van der Waals surface area contributed by atoms with Gasteiger partial charge in [-0.15, -0.1) is 0 Å². The summed E-state index contributed by atoms with van der Waals surface area (Å²) in [4.78, 5) is 4.20. The highest BCUT2D eigenvalue weighted by atomic mass is 16.5. The average molecular weight is 257 g/mol. The van der Waals surface area contributed by atoms with Crippen molar-refractivity contribution in [3.8, 4) is 5.75 Å². The van der Waals surface area contributed by atoms with Gasteiger partial charge in [-0.3, -0.25) is 4.98 Å². The van der Waals surface area contributed by atoms with E-state index in [1.54, 1.807) is 6.20 Å². The molecule has 0 spiro atoms. The monoisotopic (exact) mass is 257 g/mol. The van der Waals surface area contributed by atoms with Crippen molar-refractivity contribution in [1.29, 1.82) is 0 Å². The molecule has 1 aromatic carbocycles. The van der Waals surface area contributed by atoms with Crippen LogP contribution in [0.4, 0.5) is 17.1 Å². The van der Waals surface area contributed by atoms with E-state index in [1.165, 1.54) is 0 Å². The molecule has 0 aliphatic rings. The van der Waals surface area contributed by atoms with Crippen molar-refractivity contribution in [3.63, 3.8) is 0 Å². The van der Waals surface area contributed by atoms with Gasteiger partial charge in [-0.05, 0) is 32.0 Å². The maximum Gasteiger partial charge on any atom is 0.121 e. The van der Waals surface area contributed by atoms with E-state index in [0.29, 0.717) is 6.61 Å². The molecule has 0 saturated carbocycles. The molecule has 0 saturated heterocycles. The van der Waals surface area contributed by atoms with Crippen LogP contribution in [0.1, 0.15) is 13.8 Å². The van der Waals surface area contributed by atoms with Gasteiger partial charge in [-0.25, -0.2) is 0 Å². The third kappa shape index (κ3) is 3.88. The molecule has 0 amide bonds. The summed E-state index contributed by atoms with van der Waals surface area (Å²) in [6.07, 6.45) is 3.61. The van der Waals surface area contributed by atoms with Crippen LogP contribution in [-0.4, -0.2) is 18.1 Å². The van der Waals surface area contributed by atoms with Crippen molar-refractivity contribution in [2.75, 3.05) is 23.8 Å². The molecule has 4 nitrogen and oxygen atoms in total. The summed E-state index contributed by atoms with van der Waals surface area (Å²) in [5.74, 6) is 0.864. The highest BCUT2D eigenvalue weighted by Crippen LogP contribution is 2.22.